The average molecular weight is 346 g/mol. The number of amides is 1. The third-order valence-corrected chi connectivity index (χ3v) is 3.11. The van der Waals surface area contributed by atoms with Crippen molar-refractivity contribution < 1.29 is 14.7 Å². The van der Waals surface area contributed by atoms with Crippen molar-refractivity contribution in [3.63, 3.8) is 0 Å². The van der Waals surface area contributed by atoms with Crippen LogP contribution in [0.15, 0.2) is 30.3 Å². The van der Waals surface area contributed by atoms with E-state index >= 15 is 0 Å². The molecule has 0 spiro atoms. The van der Waals surface area contributed by atoms with Gasteiger partial charge in [-0.2, -0.15) is 0 Å². The molecular weight excluding hydrogens is 339 g/mol. The Kier molecular flexibility index (Phi) is 4.67. The summed E-state index contributed by atoms with van der Waals surface area (Å²) in [7, 11) is 0. The Morgan fingerprint density at radius 3 is 2.24 bits per heavy atom. The minimum Gasteiger partial charge on any atom is -0.478 e. The van der Waals surface area contributed by atoms with Crippen LogP contribution >= 0.6 is 34.8 Å². The van der Waals surface area contributed by atoms with Crippen LogP contribution in [-0.4, -0.2) is 22.0 Å². The van der Waals surface area contributed by atoms with Crippen molar-refractivity contribution in [1.82, 2.24) is 4.98 Å². The lowest BCUT2D eigenvalue weighted by molar-refractivity contribution is 0.0698. The smallest absolute Gasteiger partial charge is 0.337 e. The first-order chi connectivity index (χ1) is 9.86. The van der Waals surface area contributed by atoms with E-state index in [9.17, 15) is 9.59 Å². The zero-order valence-corrected chi connectivity index (χ0v) is 12.5. The summed E-state index contributed by atoms with van der Waals surface area (Å²) in [5, 5.41) is 11.9. The number of anilines is 1. The first-order valence-corrected chi connectivity index (χ1v) is 6.67. The van der Waals surface area contributed by atoms with Crippen molar-refractivity contribution in [1.29, 1.82) is 0 Å². The van der Waals surface area contributed by atoms with Crippen molar-refractivity contribution in [3.05, 3.63) is 56.8 Å². The molecule has 1 amide bonds. The number of carbonyl (C=O) groups is 2. The van der Waals surface area contributed by atoms with Gasteiger partial charge in [-0.15, -0.1) is 0 Å². The Morgan fingerprint density at radius 2 is 1.67 bits per heavy atom. The topological polar surface area (TPSA) is 79.3 Å². The zero-order valence-electron chi connectivity index (χ0n) is 10.2. The van der Waals surface area contributed by atoms with Crippen LogP contribution in [-0.2, 0) is 0 Å². The summed E-state index contributed by atoms with van der Waals surface area (Å²) in [5.41, 5.74) is 0.148. The Bertz CT molecular complexity index is 714. The molecule has 5 nitrogen and oxygen atoms in total. The molecule has 0 aliphatic heterocycles. The van der Waals surface area contributed by atoms with Crippen LogP contribution in [0.2, 0.25) is 15.3 Å². The second kappa shape index (κ2) is 6.30. The van der Waals surface area contributed by atoms with Gasteiger partial charge in [0, 0.05) is 10.6 Å². The molecule has 0 bridgehead atoms. The number of rotatable bonds is 3. The van der Waals surface area contributed by atoms with E-state index in [1.165, 1.54) is 30.3 Å². The number of aromatic carboxylic acids is 1. The molecule has 2 rings (SSSR count). The molecule has 0 atom stereocenters. The summed E-state index contributed by atoms with van der Waals surface area (Å²) in [6, 6.07) is 6.74. The highest BCUT2D eigenvalue weighted by Crippen LogP contribution is 2.22. The average Bonchev–Trinajstić information content (AvgIpc) is 2.39. The third kappa shape index (κ3) is 3.85. The number of benzene rings is 1. The molecule has 2 N–H and O–H groups in total. The second-order valence-corrected chi connectivity index (χ2v) is 5.16. The van der Waals surface area contributed by atoms with Crippen molar-refractivity contribution in [2.45, 2.75) is 0 Å². The Labute approximate surface area is 134 Å². The van der Waals surface area contributed by atoms with Crippen LogP contribution in [0.5, 0.6) is 0 Å². The van der Waals surface area contributed by atoms with Crippen LogP contribution in [0.4, 0.5) is 5.69 Å². The SMILES string of the molecule is O=C(Nc1ccc(Cl)cc1C(=O)O)c1cc(Cl)nc(Cl)c1. The largest absolute Gasteiger partial charge is 0.478 e. The fourth-order valence-corrected chi connectivity index (χ4v) is 2.23. The predicted molar refractivity (Wildman–Crippen MR) is 80.6 cm³/mol. The molecule has 0 saturated heterocycles. The summed E-state index contributed by atoms with van der Waals surface area (Å²) in [6.07, 6.45) is 0. The highest BCUT2D eigenvalue weighted by molar-refractivity contribution is 6.33. The number of nitrogens with zero attached hydrogens (tertiary/aromatic N) is 1. The molecule has 21 heavy (non-hydrogen) atoms. The van der Waals surface area contributed by atoms with Gasteiger partial charge in [-0.05, 0) is 30.3 Å². The Balaban J connectivity index is 2.33. The molecule has 0 aliphatic rings. The van der Waals surface area contributed by atoms with Gasteiger partial charge < -0.3 is 10.4 Å². The van der Waals surface area contributed by atoms with Crippen molar-refractivity contribution in [2.24, 2.45) is 0 Å². The number of aromatic nitrogens is 1. The monoisotopic (exact) mass is 344 g/mol. The molecule has 0 aliphatic carbocycles. The predicted octanol–water partition coefficient (Wildman–Crippen LogP) is 3.99. The molecule has 0 radical (unpaired) electrons. The van der Waals surface area contributed by atoms with E-state index in [0.29, 0.717) is 0 Å². The van der Waals surface area contributed by atoms with Gasteiger partial charge in [0.15, 0.2) is 0 Å². The number of hydrogen-bond acceptors (Lipinski definition) is 3. The van der Waals surface area contributed by atoms with Gasteiger partial charge in [-0.3, -0.25) is 4.79 Å². The third-order valence-electron chi connectivity index (χ3n) is 2.49. The zero-order chi connectivity index (χ0) is 15.6. The second-order valence-electron chi connectivity index (χ2n) is 3.95. The van der Waals surface area contributed by atoms with E-state index in [1.54, 1.807) is 0 Å². The fourth-order valence-electron chi connectivity index (χ4n) is 1.59. The molecule has 1 heterocycles. The lowest BCUT2D eigenvalue weighted by atomic mass is 10.1. The van der Waals surface area contributed by atoms with Crippen LogP contribution in [0.1, 0.15) is 20.7 Å². The van der Waals surface area contributed by atoms with Gasteiger partial charge in [0.25, 0.3) is 5.91 Å². The van der Waals surface area contributed by atoms with E-state index in [-0.39, 0.29) is 32.1 Å². The van der Waals surface area contributed by atoms with Crippen molar-refractivity contribution >= 4 is 52.4 Å². The maximum Gasteiger partial charge on any atom is 0.337 e. The molecule has 2 aromatic rings. The first-order valence-electron chi connectivity index (χ1n) is 5.54. The van der Waals surface area contributed by atoms with Crippen LogP contribution < -0.4 is 5.32 Å². The van der Waals surface area contributed by atoms with Crippen LogP contribution in [0.3, 0.4) is 0 Å². The van der Waals surface area contributed by atoms with E-state index < -0.39 is 11.9 Å². The number of carboxylic acids is 1. The number of nitrogens with one attached hydrogen (secondary N) is 1. The Hall–Kier alpha value is -1.82. The summed E-state index contributed by atoms with van der Waals surface area (Å²) in [5.74, 6) is -1.77. The number of carbonyl (C=O) groups excluding carboxylic acids is 1. The molecule has 0 saturated carbocycles. The van der Waals surface area contributed by atoms with Crippen molar-refractivity contribution in [3.8, 4) is 0 Å². The maximum atomic E-state index is 12.1. The van der Waals surface area contributed by atoms with Crippen LogP contribution in [0, 0.1) is 0 Å². The minimum atomic E-state index is -1.21. The van der Waals surface area contributed by atoms with E-state index in [0.717, 1.165) is 0 Å². The van der Waals surface area contributed by atoms with E-state index in [4.69, 9.17) is 39.9 Å². The highest BCUT2D eigenvalue weighted by Gasteiger charge is 2.15. The molecule has 108 valence electrons. The first kappa shape index (κ1) is 15.6. The van der Waals surface area contributed by atoms with E-state index in [2.05, 4.69) is 10.3 Å². The molecule has 0 unspecified atom stereocenters. The summed E-state index contributed by atoms with van der Waals surface area (Å²) < 4.78 is 0. The highest BCUT2D eigenvalue weighted by atomic mass is 35.5. The fraction of sp³-hybridized carbons (Fsp3) is 0. The normalized spacial score (nSPS) is 10.2. The molecule has 1 aromatic carbocycles. The summed E-state index contributed by atoms with van der Waals surface area (Å²) in [6.45, 7) is 0. The lowest BCUT2D eigenvalue weighted by Crippen LogP contribution is -2.15. The lowest BCUT2D eigenvalue weighted by Gasteiger charge is -2.09. The van der Waals surface area contributed by atoms with Gasteiger partial charge >= 0.3 is 5.97 Å². The van der Waals surface area contributed by atoms with Crippen LogP contribution in [0.25, 0.3) is 0 Å². The van der Waals surface area contributed by atoms with E-state index in [1.807, 2.05) is 0 Å². The molecule has 1 aromatic heterocycles. The summed E-state index contributed by atoms with van der Waals surface area (Å²) >= 11 is 17.2. The number of hydrogen-bond donors (Lipinski definition) is 2. The number of halogens is 3. The number of carboxylic acid groups (broad SMARTS) is 1. The van der Waals surface area contributed by atoms with Gasteiger partial charge in [-0.1, -0.05) is 34.8 Å². The quantitative estimate of drug-likeness (QED) is 0.824. The Morgan fingerprint density at radius 1 is 1.05 bits per heavy atom. The summed E-state index contributed by atoms with van der Waals surface area (Å²) in [4.78, 5) is 27.0. The van der Waals surface area contributed by atoms with Gasteiger partial charge in [0.1, 0.15) is 10.3 Å². The maximum absolute atomic E-state index is 12.1. The van der Waals surface area contributed by atoms with Gasteiger partial charge in [-0.25, -0.2) is 9.78 Å². The molecule has 8 heteroatoms. The minimum absolute atomic E-state index is 0.0576. The molecular formula is C13H7Cl3N2O3. The van der Waals surface area contributed by atoms with Crippen molar-refractivity contribution in [2.75, 3.05) is 5.32 Å². The number of pyridine rings is 1. The van der Waals surface area contributed by atoms with Gasteiger partial charge in [0.2, 0.25) is 0 Å². The molecule has 0 fully saturated rings. The van der Waals surface area contributed by atoms with Gasteiger partial charge in [0.05, 0.1) is 11.3 Å². The standard InChI is InChI=1S/C13H7Cl3N2O3/c14-7-1-2-9(8(5-7)13(20)21)17-12(19)6-3-10(15)18-11(16)4-6/h1-5H,(H,17,19)(H,20,21).